The number of rotatable bonds is 11. The van der Waals surface area contributed by atoms with Gasteiger partial charge in [0.15, 0.2) is 23.0 Å². The molecule has 0 aliphatic carbocycles. The molecule has 1 atom stereocenters. The second-order valence-corrected chi connectivity index (χ2v) is 9.10. The summed E-state index contributed by atoms with van der Waals surface area (Å²) in [6.45, 7) is 2.28. The molecule has 1 aliphatic rings. The van der Waals surface area contributed by atoms with Crippen LogP contribution in [0.2, 0.25) is 0 Å². The van der Waals surface area contributed by atoms with Crippen LogP contribution in [-0.2, 0) is 16.0 Å². The van der Waals surface area contributed by atoms with Gasteiger partial charge in [-0.05, 0) is 31.0 Å². The van der Waals surface area contributed by atoms with Crippen LogP contribution in [0, 0.1) is 0 Å². The number of methoxy groups -OCH3 is 5. The lowest BCUT2D eigenvalue weighted by Crippen LogP contribution is -2.53. The van der Waals surface area contributed by atoms with Crippen LogP contribution >= 0.6 is 0 Å². The molecule has 0 spiro atoms. The van der Waals surface area contributed by atoms with Gasteiger partial charge in [0.25, 0.3) is 5.91 Å². The fourth-order valence-corrected chi connectivity index (χ4v) is 4.70. The number of hydrogen-bond acceptors (Lipinski definition) is 8. The summed E-state index contributed by atoms with van der Waals surface area (Å²) in [6.07, 6.45) is 1.36. The minimum absolute atomic E-state index is 0.148. The van der Waals surface area contributed by atoms with E-state index in [1.165, 1.54) is 35.4 Å². The highest BCUT2D eigenvalue weighted by atomic mass is 16.5. The van der Waals surface area contributed by atoms with E-state index in [1.807, 2.05) is 6.07 Å². The maximum Gasteiger partial charge on any atom is 0.254 e. The number of piperidine rings is 1. The number of carbonyl (C=O) groups excluding carboxylic acids is 3. The molecule has 2 N–H and O–H groups in total. The minimum atomic E-state index is -0.803. The van der Waals surface area contributed by atoms with Crippen LogP contribution in [0.5, 0.6) is 28.7 Å². The number of likely N-dealkylation sites (tertiary alicyclic amines) is 1. The lowest BCUT2D eigenvalue weighted by atomic mass is 10.0. The van der Waals surface area contributed by atoms with Gasteiger partial charge in [-0.15, -0.1) is 0 Å². The molecule has 0 radical (unpaired) electrons. The van der Waals surface area contributed by atoms with Crippen molar-refractivity contribution in [2.75, 3.05) is 48.6 Å². The molecule has 11 heteroatoms. The van der Waals surface area contributed by atoms with Crippen molar-refractivity contribution in [2.24, 2.45) is 0 Å². The third-order valence-electron chi connectivity index (χ3n) is 6.64. The van der Waals surface area contributed by atoms with E-state index < -0.39 is 6.04 Å². The number of benzene rings is 2. The van der Waals surface area contributed by atoms with Crippen LogP contribution in [0.4, 0.5) is 0 Å². The second kappa shape index (κ2) is 13.6. The van der Waals surface area contributed by atoms with Gasteiger partial charge in [0.1, 0.15) is 6.04 Å². The first-order valence-electron chi connectivity index (χ1n) is 12.6. The molecule has 212 valence electrons. The first-order valence-corrected chi connectivity index (χ1v) is 12.6. The van der Waals surface area contributed by atoms with E-state index in [1.54, 1.807) is 36.3 Å². The van der Waals surface area contributed by atoms with E-state index in [-0.39, 0.29) is 30.2 Å². The normalized spacial score (nSPS) is 14.2. The Kier molecular flexibility index (Phi) is 10.2. The lowest BCUT2D eigenvalue weighted by Gasteiger charge is -2.33. The Hall–Kier alpha value is -4.15. The van der Waals surface area contributed by atoms with Crippen molar-refractivity contribution in [1.29, 1.82) is 0 Å². The minimum Gasteiger partial charge on any atom is -0.493 e. The Morgan fingerprint density at radius 2 is 1.46 bits per heavy atom. The van der Waals surface area contributed by atoms with E-state index in [0.29, 0.717) is 60.2 Å². The molecule has 1 aliphatic heterocycles. The van der Waals surface area contributed by atoms with Gasteiger partial charge < -0.3 is 39.2 Å². The first-order chi connectivity index (χ1) is 18.8. The number of nitrogens with zero attached hydrogens (tertiary/aromatic N) is 1. The number of ether oxygens (including phenoxy) is 5. The maximum atomic E-state index is 13.2. The van der Waals surface area contributed by atoms with E-state index in [0.717, 1.165) is 5.56 Å². The number of carbonyl (C=O) groups is 3. The third-order valence-corrected chi connectivity index (χ3v) is 6.64. The number of nitrogens with one attached hydrogen (secondary N) is 2. The zero-order chi connectivity index (χ0) is 28.5. The third kappa shape index (κ3) is 7.04. The van der Waals surface area contributed by atoms with Gasteiger partial charge in [-0.25, -0.2) is 0 Å². The van der Waals surface area contributed by atoms with Gasteiger partial charge in [-0.2, -0.15) is 0 Å². The van der Waals surface area contributed by atoms with Crippen LogP contribution in [-0.4, -0.2) is 83.3 Å². The van der Waals surface area contributed by atoms with Crippen LogP contribution in [0.15, 0.2) is 30.3 Å². The summed E-state index contributed by atoms with van der Waals surface area (Å²) in [5.41, 5.74) is 1.15. The highest BCUT2D eigenvalue weighted by Gasteiger charge is 2.29. The van der Waals surface area contributed by atoms with Crippen LogP contribution in [0.3, 0.4) is 0 Å². The lowest BCUT2D eigenvalue weighted by molar-refractivity contribution is -0.128. The first kappa shape index (κ1) is 29.4. The van der Waals surface area contributed by atoms with Gasteiger partial charge in [0.2, 0.25) is 17.6 Å². The van der Waals surface area contributed by atoms with Gasteiger partial charge in [0.05, 0.1) is 35.5 Å². The van der Waals surface area contributed by atoms with E-state index in [2.05, 4.69) is 10.6 Å². The molecule has 3 amide bonds. The quantitative estimate of drug-likeness (QED) is 0.442. The maximum absolute atomic E-state index is 13.2. The Morgan fingerprint density at radius 3 is 1.97 bits per heavy atom. The zero-order valence-corrected chi connectivity index (χ0v) is 23.3. The average molecular weight is 544 g/mol. The van der Waals surface area contributed by atoms with Gasteiger partial charge in [-0.1, -0.05) is 12.1 Å². The molecule has 0 bridgehead atoms. The SMILES string of the molecule is COc1cccc(C[C@H](NC(C)=O)C(=O)NC2CCN(C(=O)c3cc(OC)c(OC)c(OC)c3)CC2)c1OC. The highest BCUT2D eigenvalue weighted by Crippen LogP contribution is 2.38. The molecular formula is C28H37N3O8. The Balaban J connectivity index is 1.66. The van der Waals surface area contributed by atoms with E-state index in [4.69, 9.17) is 23.7 Å². The Bertz CT molecular complexity index is 1150. The van der Waals surface area contributed by atoms with Crippen molar-refractivity contribution in [2.45, 2.75) is 38.3 Å². The summed E-state index contributed by atoms with van der Waals surface area (Å²) >= 11 is 0. The van der Waals surface area contributed by atoms with Gasteiger partial charge in [-0.3, -0.25) is 14.4 Å². The molecule has 0 saturated carbocycles. The molecule has 1 saturated heterocycles. The van der Waals surface area contributed by atoms with Crippen LogP contribution in [0.1, 0.15) is 35.7 Å². The van der Waals surface area contributed by atoms with E-state index in [9.17, 15) is 14.4 Å². The van der Waals surface area contributed by atoms with Crippen molar-refractivity contribution in [1.82, 2.24) is 15.5 Å². The Morgan fingerprint density at radius 1 is 0.872 bits per heavy atom. The summed E-state index contributed by atoms with van der Waals surface area (Å²) in [7, 11) is 7.57. The second-order valence-electron chi connectivity index (χ2n) is 9.10. The van der Waals surface area contributed by atoms with Crippen molar-refractivity contribution in [3.05, 3.63) is 41.5 Å². The van der Waals surface area contributed by atoms with Crippen LogP contribution < -0.4 is 34.3 Å². The van der Waals surface area contributed by atoms with Crippen molar-refractivity contribution < 1.29 is 38.1 Å². The fraction of sp³-hybridized carbons (Fsp3) is 0.464. The largest absolute Gasteiger partial charge is 0.493 e. The smallest absolute Gasteiger partial charge is 0.254 e. The summed E-state index contributed by atoms with van der Waals surface area (Å²) in [5.74, 6) is 1.49. The molecule has 2 aromatic rings. The zero-order valence-electron chi connectivity index (χ0n) is 23.3. The summed E-state index contributed by atoms with van der Waals surface area (Å²) < 4.78 is 26.9. The molecule has 11 nitrogen and oxygen atoms in total. The molecular weight excluding hydrogens is 506 g/mol. The fourth-order valence-electron chi connectivity index (χ4n) is 4.70. The number of hydrogen-bond donors (Lipinski definition) is 2. The molecule has 0 aromatic heterocycles. The van der Waals surface area contributed by atoms with Crippen LogP contribution in [0.25, 0.3) is 0 Å². The number of amides is 3. The number of para-hydroxylation sites is 1. The topological polar surface area (TPSA) is 125 Å². The summed E-state index contributed by atoms with van der Waals surface area (Å²) in [4.78, 5) is 40.1. The standard InChI is InChI=1S/C28H37N3O8/c1-17(32)29-21(14-18-8-7-9-22(35-2)25(18)38-5)27(33)30-20-10-12-31(13-11-20)28(34)19-15-23(36-3)26(39-6)24(16-19)37-4/h7-9,15-16,20-21H,10-14H2,1-6H3,(H,29,32)(H,30,33)/t21-/m0/s1. The van der Waals surface area contributed by atoms with Gasteiger partial charge >= 0.3 is 0 Å². The molecule has 2 aromatic carbocycles. The summed E-state index contributed by atoms with van der Waals surface area (Å²) in [5, 5.41) is 5.78. The predicted molar refractivity (Wildman–Crippen MR) is 144 cm³/mol. The highest BCUT2D eigenvalue weighted by molar-refractivity contribution is 5.96. The van der Waals surface area contributed by atoms with Crippen molar-refractivity contribution in [3.63, 3.8) is 0 Å². The van der Waals surface area contributed by atoms with Crippen molar-refractivity contribution >= 4 is 17.7 Å². The average Bonchev–Trinajstić information content (AvgIpc) is 2.95. The molecule has 39 heavy (non-hydrogen) atoms. The van der Waals surface area contributed by atoms with Crippen molar-refractivity contribution in [3.8, 4) is 28.7 Å². The van der Waals surface area contributed by atoms with Gasteiger partial charge in [0, 0.05) is 43.6 Å². The molecule has 3 rings (SSSR count). The summed E-state index contributed by atoms with van der Waals surface area (Å²) in [6, 6.07) is 7.71. The molecule has 1 heterocycles. The Labute approximate surface area is 228 Å². The molecule has 1 fully saturated rings. The monoisotopic (exact) mass is 543 g/mol. The predicted octanol–water partition coefficient (Wildman–Crippen LogP) is 2.20. The molecule has 0 unspecified atom stereocenters. The van der Waals surface area contributed by atoms with E-state index >= 15 is 0 Å².